The Morgan fingerprint density at radius 1 is 1.33 bits per heavy atom. The van der Waals surface area contributed by atoms with Gasteiger partial charge in [0.25, 0.3) is 0 Å². The number of carbonyl (C=O) groups excluding carboxylic acids is 2. The molecular weight excluding hydrogens is 264 g/mol. The van der Waals surface area contributed by atoms with Gasteiger partial charge in [0.05, 0.1) is 12.7 Å². The van der Waals surface area contributed by atoms with Gasteiger partial charge in [-0.15, -0.1) is 0 Å². The largest absolute Gasteiger partial charge is 0.465 e. The fourth-order valence-corrected chi connectivity index (χ4v) is 4.12. The standard InChI is InChI=1S/C18H22O3/c1-18-9-8-15(19)11-14(18)5-3-4-12-10-13(17(20)21-2)6-7-16(12)18/h6-7,10,14H,3-5,8-9,11H2,1-2H3. The highest BCUT2D eigenvalue weighted by Crippen LogP contribution is 2.48. The molecule has 1 saturated carbocycles. The van der Waals surface area contributed by atoms with Crippen LogP contribution in [0, 0.1) is 5.92 Å². The lowest BCUT2D eigenvalue weighted by molar-refractivity contribution is -0.123. The third-order valence-electron chi connectivity index (χ3n) is 5.44. The lowest BCUT2D eigenvalue weighted by Gasteiger charge is -2.41. The Morgan fingerprint density at radius 3 is 2.90 bits per heavy atom. The molecule has 1 aromatic carbocycles. The van der Waals surface area contributed by atoms with Crippen molar-refractivity contribution >= 4 is 11.8 Å². The molecule has 0 aromatic heterocycles. The summed E-state index contributed by atoms with van der Waals surface area (Å²) in [6.07, 6.45) is 5.51. The van der Waals surface area contributed by atoms with Crippen LogP contribution in [0.1, 0.15) is 60.5 Å². The van der Waals surface area contributed by atoms with Gasteiger partial charge in [-0.2, -0.15) is 0 Å². The molecule has 3 rings (SSSR count). The second kappa shape index (κ2) is 5.28. The van der Waals surface area contributed by atoms with Crippen molar-refractivity contribution in [1.29, 1.82) is 0 Å². The van der Waals surface area contributed by atoms with E-state index in [9.17, 15) is 9.59 Å². The third kappa shape index (κ3) is 2.39. The number of methoxy groups -OCH3 is 1. The summed E-state index contributed by atoms with van der Waals surface area (Å²) >= 11 is 0. The fraction of sp³-hybridized carbons (Fsp3) is 0.556. The number of Topliss-reactive ketones (excluding diaryl/α,β-unsaturated/α-hetero) is 1. The molecule has 2 atom stereocenters. The van der Waals surface area contributed by atoms with Gasteiger partial charge < -0.3 is 4.74 Å². The fourth-order valence-electron chi connectivity index (χ4n) is 4.12. The molecule has 21 heavy (non-hydrogen) atoms. The Hall–Kier alpha value is -1.64. The van der Waals surface area contributed by atoms with Gasteiger partial charge in [-0.1, -0.05) is 13.0 Å². The van der Waals surface area contributed by atoms with Crippen LogP contribution in [0.25, 0.3) is 0 Å². The molecule has 2 aliphatic rings. The molecule has 0 radical (unpaired) electrons. The first-order valence-electron chi connectivity index (χ1n) is 7.78. The van der Waals surface area contributed by atoms with Gasteiger partial charge in [0.1, 0.15) is 5.78 Å². The van der Waals surface area contributed by atoms with E-state index in [1.807, 2.05) is 12.1 Å². The molecule has 0 N–H and O–H groups in total. The van der Waals surface area contributed by atoms with E-state index in [0.717, 1.165) is 25.7 Å². The quantitative estimate of drug-likeness (QED) is 0.743. The molecule has 0 saturated heterocycles. The van der Waals surface area contributed by atoms with Crippen molar-refractivity contribution in [2.45, 2.75) is 50.9 Å². The average Bonchev–Trinajstić information content (AvgIpc) is 2.63. The highest BCUT2D eigenvalue weighted by molar-refractivity contribution is 5.89. The minimum Gasteiger partial charge on any atom is -0.465 e. The number of esters is 1. The molecular formula is C18H22O3. The van der Waals surface area contributed by atoms with E-state index in [2.05, 4.69) is 13.0 Å². The van der Waals surface area contributed by atoms with Gasteiger partial charge in [0.15, 0.2) is 0 Å². The number of hydrogen-bond acceptors (Lipinski definition) is 3. The first-order chi connectivity index (χ1) is 10.0. The van der Waals surface area contributed by atoms with Crippen molar-refractivity contribution in [2.24, 2.45) is 5.92 Å². The molecule has 3 heteroatoms. The zero-order valence-corrected chi connectivity index (χ0v) is 12.8. The molecule has 2 aliphatic carbocycles. The van der Waals surface area contributed by atoms with E-state index < -0.39 is 0 Å². The molecule has 0 amide bonds. The van der Waals surface area contributed by atoms with Gasteiger partial charge in [-0.05, 0) is 60.3 Å². The maximum Gasteiger partial charge on any atom is 0.337 e. The number of fused-ring (bicyclic) bond motifs is 3. The summed E-state index contributed by atoms with van der Waals surface area (Å²) in [5.41, 5.74) is 3.31. The molecule has 2 unspecified atom stereocenters. The maximum atomic E-state index is 11.8. The van der Waals surface area contributed by atoms with Crippen LogP contribution in [-0.4, -0.2) is 18.9 Å². The van der Waals surface area contributed by atoms with Crippen molar-refractivity contribution in [2.75, 3.05) is 7.11 Å². The van der Waals surface area contributed by atoms with E-state index in [4.69, 9.17) is 4.74 Å². The van der Waals surface area contributed by atoms with Crippen molar-refractivity contribution in [3.05, 3.63) is 34.9 Å². The van der Waals surface area contributed by atoms with E-state index in [-0.39, 0.29) is 11.4 Å². The van der Waals surface area contributed by atoms with Gasteiger partial charge in [0, 0.05) is 12.8 Å². The van der Waals surface area contributed by atoms with Gasteiger partial charge in [-0.3, -0.25) is 4.79 Å². The van der Waals surface area contributed by atoms with Gasteiger partial charge in [-0.25, -0.2) is 4.79 Å². The zero-order valence-electron chi connectivity index (χ0n) is 12.8. The van der Waals surface area contributed by atoms with Crippen LogP contribution in [0.5, 0.6) is 0 Å². The second-order valence-corrected chi connectivity index (χ2v) is 6.61. The van der Waals surface area contributed by atoms with Crippen LogP contribution in [0.15, 0.2) is 18.2 Å². The SMILES string of the molecule is COC(=O)c1ccc2c(c1)CCCC1CC(=O)CCC21C. The number of aryl methyl sites for hydroxylation is 1. The molecule has 0 spiro atoms. The summed E-state index contributed by atoms with van der Waals surface area (Å²) in [6.45, 7) is 2.30. The summed E-state index contributed by atoms with van der Waals surface area (Å²) in [7, 11) is 1.41. The van der Waals surface area contributed by atoms with Crippen LogP contribution in [0.4, 0.5) is 0 Å². The Labute approximate surface area is 125 Å². The van der Waals surface area contributed by atoms with E-state index >= 15 is 0 Å². The minimum absolute atomic E-state index is 0.0778. The van der Waals surface area contributed by atoms with Gasteiger partial charge in [0.2, 0.25) is 0 Å². The molecule has 112 valence electrons. The first-order valence-corrected chi connectivity index (χ1v) is 7.78. The molecule has 0 bridgehead atoms. The second-order valence-electron chi connectivity index (χ2n) is 6.61. The minimum atomic E-state index is -0.275. The Morgan fingerprint density at radius 2 is 2.14 bits per heavy atom. The smallest absolute Gasteiger partial charge is 0.337 e. The topological polar surface area (TPSA) is 43.4 Å². The van der Waals surface area contributed by atoms with Crippen molar-refractivity contribution < 1.29 is 14.3 Å². The number of ketones is 1. The van der Waals surface area contributed by atoms with Crippen molar-refractivity contribution in [3.63, 3.8) is 0 Å². The van der Waals surface area contributed by atoms with Crippen molar-refractivity contribution in [1.82, 2.24) is 0 Å². The molecule has 3 nitrogen and oxygen atoms in total. The number of hydrogen-bond donors (Lipinski definition) is 0. The number of rotatable bonds is 1. The molecule has 0 aliphatic heterocycles. The van der Waals surface area contributed by atoms with Crippen LogP contribution in [0.2, 0.25) is 0 Å². The highest BCUT2D eigenvalue weighted by atomic mass is 16.5. The third-order valence-corrected chi connectivity index (χ3v) is 5.44. The summed E-state index contributed by atoms with van der Waals surface area (Å²) in [6, 6.07) is 5.95. The number of benzene rings is 1. The first kappa shape index (κ1) is 14.3. The zero-order chi connectivity index (χ0) is 15.0. The summed E-state index contributed by atoms with van der Waals surface area (Å²) in [4.78, 5) is 23.5. The molecule has 0 heterocycles. The monoisotopic (exact) mass is 286 g/mol. The Balaban J connectivity index is 2.04. The highest BCUT2D eigenvalue weighted by Gasteiger charge is 2.42. The average molecular weight is 286 g/mol. The molecule has 1 fully saturated rings. The molecule has 1 aromatic rings. The van der Waals surface area contributed by atoms with E-state index in [0.29, 0.717) is 30.1 Å². The summed E-state index contributed by atoms with van der Waals surface area (Å²) in [5, 5.41) is 0. The lowest BCUT2D eigenvalue weighted by Crippen LogP contribution is -2.38. The van der Waals surface area contributed by atoms with Gasteiger partial charge >= 0.3 is 5.97 Å². The van der Waals surface area contributed by atoms with Crippen LogP contribution >= 0.6 is 0 Å². The van der Waals surface area contributed by atoms with E-state index in [1.54, 1.807) is 0 Å². The van der Waals surface area contributed by atoms with Crippen molar-refractivity contribution in [3.8, 4) is 0 Å². The summed E-state index contributed by atoms with van der Waals surface area (Å²) < 4.78 is 4.82. The van der Waals surface area contributed by atoms with E-state index in [1.165, 1.54) is 18.2 Å². The lowest BCUT2D eigenvalue weighted by atomic mass is 9.62. The van der Waals surface area contributed by atoms with Crippen LogP contribution < -0.4 is 0 Å². The Kier molecular flexibility index (Phi) is 3.60. The number of carbonyl (C=O) groups is 2. The summed E-state index contributed by atoms with van der Waals surface area (Å²) in [5.74, 6) is 0.582. The normalized spacial score (nSPS) is 28.3. The van der Waals surface area contributed by atoms with Crippen LogP contribution in [-0.2, 0) is 21.4 Å². The predicted octanol–water partition coefficient (Wildman–Crippen LogP) is 3.44. The predicted molar refractivity (Wildman–Crippen MR) is 80.4 cm³/mol. The number of ether oxygens (including phenoxy) is 1. The maximum absolute atomic E-state index is 11.8. The Bertz CT molecular complexity index is 590. The van der Waals surface area contributed by atoms with Crippen LogP contribution in [0.3, 0.4) is 0 Å².